The average molecular weight is 953 g/mol. The van der Waals surface area contributed by atoms with Crippen LogP contribution in [-0.4, -0.2) is 11.8 Å². The van der Waals surface area contributed by atoms with Gasteiger partial charge in [0.15, 0.2) is 23.0 Å². The smallest absolute Gasteiger partial charge is 0.255 e. The Morgan fingerprint density at radius 2 is 0.486 bits per heavy atom. The highest BCUT2D eigenvalue weighted by molar-refractivity contribution is 6.10. The zero-order valence-corrected chi connectivity index (χ0v) is 39.4. The number of anilines is 2. The van der Waals surface area contributed by atoms with Crippen LogP contribution in [0.15, 0.2) is 231 Å². The first-order valence-corrected chi connectivity index (χ1v) is 23.6. The van der Waals surface area contributed by atoms with E-state index in [0.717, 1.165) is 33.4 Å². The van der Waals surface area contributed by atoms with Gasteiger partial charge in [0, 0.05) is 11.1 Å². The molecule has 9 rings (SSSR count). The molecule has 2 amide bonds. The molecule has 2 N–H and O–H groups in total. The molecule has 9 aromatic rings. The van der Waals surface area contributed by atoms with Crippen LogP contribution in [0.25, 0.3) is 0 Å². The molecule has 0 radical (unpaired) electrons. The number of rotatable bonds is 22. The molecule has 0 atom stereocenters. The standard InChI is InChI=1S/C62H52N2O8/c65-61(51-35-55(67-39-45-21-7-1-8-22-45)59(71-43-49-29-15-5-16-30-49)56(36-51)68-40-46-23-9-2-10-24-46)63-53-33-19-20-34-54(53)64-62(66)52-37-57(69-41-47-25-11-3-12-26-47)60(72-44-50-31-17-6-18-32-50)58(38-52)70-42-48-27-13-4-14-28-48/h1-38H,39-44H2,(H,63,65)(H,64,66). The molecule has 0 bridgehead atoms. The second-order valence-electron chi connectivity index (χ2n) is 16.7. The highest BCUT2D eigenvalue weighted by atomic mass is 16.5. The fraction of sp³-hybridized carbons (Fsp3) is 0.0968. The van der Waals surface area contributed by atoms with Gasteiger partial charge in [-0.2, -0.15) is 0 Å². The third-order valence-electron chi connectivity index (χ3n) is 11.4. The van der Waals surface area contributed by atoms with Gasteiger partial charge in [-0.25, -0.2) is 0 Å². The summed E-state index contributed by atoms with van der Waals surface area (Å²) in [6.45, 7) is 1.29. The van der Waals surface area contributed by atoms with Gasteiger partial charge in [0.05, 0.1) is 11.4 Å². The molecule has 358 valence electrons. The summed E-state index contributed by atoms with van der Waals surface area (Å²) in [6, 6.07) is 72.1. The topological polar surface area (TPSA) is 114 Å². The van der Waals surface area contributed by atoms with Crippen molar-refractivity contribution in [1.82, 2.24) is 0 Å². The van der Waals surface area contributed by atoms with E-state index in [2.05, 4.69) is 10.6 Å². The molecule has 0 saturated heterocycles. The minimum absolute atomic E-state index is 0.207. The van der Waals surface area contributed by atoms with E-state index >= 15 is 0 Å². The molecular weight excluding hydrogens is 901 g/mol. The average Bonchev–Trinajstić information content (AvgIpc) is 3.44. The predicted molar refractivity (Wildman–Crippen MR) is 280 cm³/mol. The summed E-state index contributed by atoms with van der Waals surface area (Å²) in [4.78, 5) is 29.0. The van der Waals surface area contributed by atoms with Gasteiger partial charge in [-0.05, 0) is 69.8 Å². The Labute approximate surface area is 419 Å². The Kier molecular flexibility index (Phi) is 16.1. The van der Waals surface area contributed by atoms with Gasteiger partial charge < -0.3 is 39.1 Å². The number of amides is 2. The van der Waals surface area contributed by atoms with Gasteiger partial charge in [0.1, 0.15) is 39.6 Å². The van der Waals surface area contributed by atoms with Crippen LogP contribution < -0.4 is 39.1 Å². The van der Waals surface area contributed by atoms with Gasteiger partial charge in [0.25, 0.3) is 11.8 Å². The van der Waals surface area contributed by atoms with E-state index in [4.69, 9.17) is 28.4 Å². The summed E-state index contributed by atoms with van der Waals surface area (Å²) >= 11 is 0. The quantitative estimate of drug-likeness (QED) is 0.0691. The SMILES string of the molecule is O=C(Nc1ccccc1NC(=O)c1cc(OCc2ccccc2)c(OCc2ccccc2)c(OCc2ccccc2)c1)c1cc(OCc2ccccc2)c(OCc2ccccc2)c(OCc2ccccc2)c1. The van der Waals surface area contributed by atoms with Crippen LogP contribution in [0.4, 0.5) is 11.4 Å². The van der Waals surface area contributed by atoms with E-state index in [1.165, 1.54) is 0 Å². The van der Waals surface area contributed by atoms with Crippen molar-refractivity contribution in [3.63, 3.8) is 0 Å². The van der Waals surface area contributed by atoms with Crippen molar-refractivity contribution in [3.05, 3.63) is 275 Å². The number of carbonyl (C=O) groups is 2. The summed E-state index contributed by atoms with van der Waals surface area (Å²) < 4.78 is 38.7. The number of hydrogen-bond acceptors (Lipinski definition) is 8. The van der Waals surface area contributed by atoms with Crippen molar-refractivity contribution in [3.8, 4) is 34.5 Å². The third-order valence-corrected chi connectivity index (χ3v) is 11.4. The van der Waals surface area contributed by atoms with Gasteiger partial charge in [-0.1, -0.05) is 194 Å². The Morgan fingerprint density at radius 1 is 0.278 bits per heavy atom. The summed E-state index contributed by atoms with van der Waals surface area (Å²) in [5.41, 5.74) is 6.77. The van der Waals surface area contributed by atoms with Crippen molar-refractivity contribution < 1.29 is 38.0 Å². The van der Waals surface area contributed by atoms with Crippen LogP contribution in [0.1, 0.15) is 54.1 Å². The van der Waals surface area contributed by atoms with E-state index in [9.17, 15) is 9.59 Å². The van der Waals surface area contributed by atoms with Crippen molar-refractivity contribution in [2.24, 2.45) is 0 Å². The van der Waals surface area contributed by atoms with Crippen LogP contribution in [0.3, 0.4) is 0 Å². The molecule has 72 heavy (non-hydrogen) atoms. The maximum Gasteiger partial charge on any atom is 0.255 e. The fourth-order valence-electron chi connectivity index (χ4n) is 7.62. The Hall–Kier alpha value is -9.28. The van der Waals surface area contributed by atoms with Crippen LogP contribution in [0.5, 0.6) is 34.5 Å². The lowest BCUT2D eigenvalue weighted by Gasteiger charge is -2.20. The first-order chi connectivity index (χ1) is 35.5. The molecule has 0 saturated carbocycles. The van der Waals surface area contributed by atoms with E-state index in [-0.39, 0.29) is 50.8 Å². The fourth-order valence-corrected chi connectivity index (χ4v) is 7.62. The number of hydrogen-bond donors (Lipinski definition) is 2. The molecule has 0 aliphatic heterocycles. The molecule has 0 spiro atoms. The maximum absolute atomic E-state index is 14.5. The lowest BCUT2D eigenvalue weighted by atomic mass is 10.1. The number of benzene rings is 9. The molecule has 10 nitrogen and oxygen atoms in total. The monoisotopic (exact) mass is 952 g/mol. The zero-order valence-electron chi connectivity index (χ0n) is 39.4. The minimum atomic E-state index is -0.478. The Bertz CT molecular complexity index is 2820. The van der Waals surface area contributed by atoms with E-state index < -0.39 is 11.8 Å². The van der Waals surface area contributed by atoms with Crippen LogP contribution >= 0.6 is 0 Å². The molecule has 0 aromatic heterocycles. The minimum Gasteiger partial charge on any atom is -0.485 e. The van der Waals surface area contributed by atoms with Crippen molar-refractivity contribution >= 4 is 23.2 Å². The first-order valence-electron chi connectivity index (χ1n) is 23.6. The predicted octanol–water partition coefficient (Wildman–Crippen LogP) is 13.7. The van der Waals surface area contributed by atoms with Gasteiger partial charge in [0.2, 0.25) is 11.5 Å². The second kappa shape index (κ2) is 24.3. The lowest BCUT2D eigenvalue weighted by Crippen LogP contribution is -2.17. The van der Waals surface area contributed by atoms with E-state index in [1.54, 1.807) is 48.5 Å². The molecule has 0 aliphatic carbocycles. The lowest BCUT2D eigenvalue weighted by molar-refractivity contribution is 0.101. The summed E-state index contributed by atoms with van der Waals surface area (Å²) in [7, 11) is 0. The van der Waals surface area contributed by atoms with Crippen LogP contribution in [0.2, 0.25) is 0 Å². The van der Waals surface area contributed by atoms with Crippen molar-refractivity contribution in [2.45, 2.75) is 39.6 Å². The molecule has 0 heterocycles. The number of nitrogens with one attached hydrogen (secondary N) is 2. The summed E-state index contributed by atoms with van der Waals surface area (Å²) in [5.74, 6) is 1.02. The van der Waals surface area contributed by atoms with Gasteiger partial charge in [-0.15, -0.1) is 0 Å². The van der Waals surface area contributed by atoms with Gasteiger partial charge >= 0.3 is 0 Å². The normalized spacial score (nSPS) is 10.7. The zero-order chi connectivity index (χ0) is 49.2. The highest BCUT2D eigenvalue weighted by Crippen LogP contribution is 2.42. The molecule has 10 heteroatoms. The summed E-state index contributed by atoms with van der Waals surface area (Å²) in [5, 5.41) is 6.06. The van der Waals surface area contributed by atoms with Crippen LogP contribution in [0, 0.1) is 0 Å². The second-order valence-corrected chi connectivity index (χ2v) is 16.7. The van der Waals surface area contributed by atoms with Crippen LogP contribution in [-0.2, 0) is 39.6 Å². The number of para-hydroxylation sites is 2. The maximum atomic E-state index is 14.5. The molecule has 0 fully saturated rings. The summed E-state index contributed by atoms with van der Waals surface area (Å²) in [6.07, 6.45) is 0. The van der Waals surface area contributed by atoms with Crippen molar-refractivity contribution in [1.29, 1.82) is 0 Å². The molecule has 9 aromatic carbocycles. The number of ether oxygens (including phenoxy) is 6. The molecule has 0 aliphatic rings. The third kappa shape index (κ3) is 13.3. The molecule has 0 unspecified atom stereocenters. The highest BCUT2D eigenvalue weighted by Gasteiger charge is 2.23. The first kappa shape index (κ1) is 47.8. The van der Waals surface area contributed by atoms with Crippen molar-refractivity contribution in [2.75, 3.05) is 10.6 Å². The van der Waals surface area contributed by atoms with Gasteiger partial charge in [-0.3, -0.25) is 9.59 Å². The van der Waals surface area contributed by atoms with E-state index in [0.29, 0.717) is 45.9 Å². The molecular formula is C62H52N2O8. The van der Waals surface area contributed by atoms with E-state index in [1.807, 2.05) is 182 Å². The number of carbonyl (C=O) groups excluding carboxylic acids is 2. The Morgan fingerprint density at radius 3 is 0.722 bits per heavy atom. The Balaban J connectivity index is 1.02. The largest absolute Gasteiger partial charge is 0.485 e.